The molecule has 0 saturated heterocycles. The van der Waals surface area contributed by atoms with Gasteiger partial charge in [0.15, 0.2) is 11.6 Å². The molecule has 0 aliphatic rings. The van der Waals surface area contributed by atoms with E-state index in [4.69, 9.17) is 0 Å². The first-order valence-corrected chi connectivity index (χ1v) is 8.26. The number of hydrogen-bond donors (Lipinski definition) is 0. The molecular weight excluding hydrogens is 292 g/mol. The van der Waals surface area contributed by atoms with Gasteiger partial charge in [-0.15, -0.1) is 11.8 Å². The van der Waals surface area contributed by atoms with Crippen molar-refractivity contribution in [3.63, 3.8) is 0 Å². The average Bonchev–Trinajstić information content (AvgIpc) is 2.47. The molecule has 0 bridgehead atoms. The highest BCUT2D eigenvalue weighted by Gasteiger charge is 2.23. The summed E-state index contributed by atoms with van der Waals surface area (Å²) in [6.07, 6.45) is 2.19. The lowest BCUT2D eigenvalue weighted by atomic mass is 10.1. The number of carbonyl (C=O) groups is 1. The van der Waals surface area contributed by atoms with Crippen molar-refractivity contribution in [2.24, 2.45) is 0 Å². The molecule has 0 heterocycles. The quantitative estimate of drug-likeness (QED) is 0.695. The van der Waals surface area contributed by atoms with Gasteiger partial charge in [-0.1, -0.05) is 19.4 Å². The predicted octanol–water partition coefficient (Wildman–Crippen LogP) is 4.41. The molecule has 1 aromatic carbocycles. The molecule has 0 aliphatic carbocycles. The van der Waals surface area contributed by atoms with Crippen molar-refractivity contribution in [1.82, 2.24) is 4.90 Å². The lowest BCUT2D eigenvalue weighted by Crippen LogP contribution is -2.35. The highest BCUT2D eigenvalue weighted by molar-refractivity contribution is 8.00. The van der Waals surface area contributed by atoms with Gasteiger partial charge in [0.1, 0.15) is 0 Å². The lowest BCUT2D eigenvalue weighted by molar-refractivity contribution is -0.130. The SMILES string of the molecule is CCCCSC(C)C(=O)N(C)C(C)c1ccc(F)c(F)c1. The monoisotopic (exact) mass is 315 g/mol. The van der Waals surface area contributed by atoms with Crippen LogP contribution in [0, 0.1) is 11.6 Å². The van der Waals surface area contributed by atoms with E-state index < -0.39 is 11.6 Å². The van der Waals surface area contributed by atoms with Crippen LogP contribution in [0.3, 0.4) is 0 Å². The van der Waals surface area contributed by atoms with Gasteiger partial charge >= 0.3 is 0 Å². The van der Waals surface area contributed by atoms with Gasteiger partial charge in [0, 0.05) is 7.05 Å². The highest BCUT2D eigenvalue weighted by Crippen LogP contribution is 2.24. The van der Waals surface area contributed by atoms with Crippen LogP contribution in [0.25, 0.3) is 0 Å². The molecule has 2 atom stereocenters. The van der Waals surface area contributed by atoms with E-state index in [-0.39, 0.29) is 17.2 Å². The maximum Gasteiger partial charge on any atom is 0.235 e. The third-order valence-corrected chi connectivity index (χ3v) is 4.79. The molecule has 0 aliphatic heterocycles. The van der Waals surface area contributed by atoms with Crippen molar-refractivity contribution in [2.45, 2.75) is 44.9 Å². The summed E-state index contributed by atoms with van der Waals surface area (Å²) >= 11 is 1.63. The van der Waals surface area contributed by atoms with Crippen molar-refractivity contribution in [1.29, 1.82) is 0 Å². The summed E-state index contributed by atoms with van der Waals surface area (Å²) < 4.78 is 26.2. The fourth-order valence-corrected chi connectivity index (χ4v) is 3.07. The summed E-state index contributed by atoms with van der Waals surface area (Å²) in [4.78, 5) is 13.9. The first-order valence-electron chi connectivity index (χ1n) is 7.21. The second-order valence-corrected chi connectivity index (χ2v) is 6.61. The van der Waals surface area contributed by atoms with E-state index in [2.05, 4.69) is 6.92 Å². The van der Waals surface area contributed by atoms with Crippen LogP contribution in [0.5, 0.6) is 0 Å². The zero-order valence-electron chi connectivity index (χ0n) is 13.0. The van der Waals surface area contributed by atoms with E-state index in [9.17, 15) is 13.6 Å². The fraction of sp³-hybridized carbons (Fsp3) is 0.562. The number of unbranched alkanes of at least 4 members (excludes halogenated alkanes) is 1. The third-order valence-electron chi connectivity index (χ3n) is 3.57. The molecule has 1 aromatic rings. The standard InChI is InChI=1S/C16H23F2NOS/c1-5-6-9-21-12(3)16(20)19(4)11(2)13-7-8-14(17)15(18)10-13/h7-8,10-12H,5-6,9H2,1-4H3. The van der Waals surface area contributed by atoms with Crippen molar-refractivity contribution in [3.05, 3.63) is 35.4 Å². The van der Waals surface area contributed by atoms with E-state index in [0.717, 1.165) is 30.7 Å². The first-order chi connectivity index (χ1) is 9.88. The van der Waals surface area contributed by atoms with Crippen LogP contribution in [-0.4, -0.2) is 28.9 Å². The second-order valence-electron chi connectivity index (χ2n) is 5.17. The minimum atomic E-state index is -0.884. The maximum atomic E-state index is 13.3. The Bertz CT molecular complexity index is 481. The fourth-order valence-electron chi connectivity index (χ4n) is 1.95. The number of nitrogens with zero attached hydrogens (tertiary/aromatic N) is 1. The molecule has 0 fully saturated rings. The van der Waals surface area contributed by atoms with Crippen LogP contribution in [0.15, 0.2) is 18.2 Å². The summed E-state index contributed by atoms with van der Waals surface area (Å²) in [5, 5.41) is -0.130. The van der Waals surface area contributed by atoms with Gasteiger partial charge in [0.25, 0.3) is 0 Å². The molecule has 0 saturated carbocycles. The molecule has 1 rings (SSSR count). The Hall–Kier alpha value is -1.10. The Balaban J connectivity index is 2.69. The molecule has 5 heteroatoms. The lowest BCUT2D eigenvalue weighted by Gasteiger charge is -2.28. The zero-order valence-corrected chi connectivity index (χ0v) is 13.8. The van der Waals surface area contributed by atoms with Gasteiger partial charge < -0.3 is 4.90 Å². The Morgan fingerprint density at radius 3 is 2.52 bits per heavy atom. The van der Waals surface area contributed by atoms with E-state index in [0.29, 0.717) is 5.56 Å². The Morgan fingerprint density at radius 1 is 1.29 bits per heavy atom. The van der Waals surface area contributed by atoms with Crippen molar-refractivity contribution in [2.75, 3.05) is 12.8 Å². The van der Waals surface area contributed by atoms with Crippen LogP contribution in [-0.2, 0) is 4.79 Å². The van der Waals surface area contributed by atoms with E-state index >= 15 is 0 Å². The molecule has 118 valence electrons. The van der Waals surface area contributed by atoms with Gasteiger partial charge in [-0.3, -0.25) is 4.79 Å². The summed E-state index contributed by atoms with van der Waals surface area (Å²) in [5.74, 6) is -0.793. The van der Waals surface area contributed by atoms with E-state index in [1.165, 1.54) is 6.07 Å². The van der Waals surface area contributed by atoms with Gasteiger partial charge in [-0.25, -0.2) is 8.78 Å². The van der Waals surface area contributed by atoms with E-state index in [1.54, 1.807) is 23.7 Å². The van der Waals surface area contributed by atoms with Gasteiger partial charge in [-0.2, -0.15) is 0 Å². The summed E-state index contributed by atoms with van der Waals surface area (Å²) in [7, 11) is 1.70. The summed E-state index contributed by atoms with van der Waals surface area (Å²) in [5.41, 5.74) is 0.593. The Labute approximate surface area is 129 Å². The Morgan fingerprint density at radius 2 is 1.95 bits per heavy atom. The number of halogens is 2. The van der Waals surface area contributed by atoms with Crippen molar-refractivity contribution in [3.8, 4) is 0 Å². The van der Waals surface area contributed by atoms with Gasteiger partial charge in [0.05, 0.1) is 11.3 Å². The third kappa shape index (κ3) is 4.99. The second kappa shape index (κ2) is 8.37. The summed E-state index contributed by atoms with van der Waals surface area (Å²) in [6, 6.07) is 3.47. The smallest absolute Gasteiger partial charge is 0.235 e. The molecule has 2 nitrogen and oxygen atoms in total. The molecule has 0 N–H and O–H groups in total. The Kier molecular flexibility index (Phi) is 7.15. The first kappa shape index (κ1) is 18.0. The number of thioether (sulfide) groups is 1. The van der Waals surface area contributed by atoms with Crippen LogP contribution in [0.4, 0.5) is 8.78 Å². The van der Waals surface area contributed by atoms with Gasteiger partial charge in [-0.05, 0) is 43.7 Å². The largest absolute Gasteiger partial charge is 0.338 e. The number of amides is 1. The van der Waals surface area contributed by atoms with Gasteiger partial charge in [0.2, 0.25) is 5.91 Å². The minimum absolute atomic E-state index is 0.00772. The number of hydrogen-bond acceptors (Lipinski definition) is 2. The number of rotatable bonds is 7. The predicted molar refractivity (Wildman–Crippen MR) is 84.4 cm³/mol. The average molecular weight is 315 g/mol. The van der Waals surface area contributed by atoms with Crippen LogP contribution in [0.1, 0.15) is 45.2 Å². The topological polar surface area (TPSA) is 20.3 Å². The molecule has 2 unspecified atom stereocenters. The molecular formula is C16H23F2NOS. The summed E-state index contributed by atoms with van der Waals surface area (Å²) in [6.45, 7) is 5.81. The van der Waals surface area contributed by atoms with Crippen molar-refractivity contribution >= 4 is 17.7 Å². The highest BCUT2D eigenvalue weighted by atomic mass is 32.2. The van der Waals surface area contributed by atoms with Crippen LogP contribution < -0.4 is 0 Å². The van der Waals surface area contributed by atoms with E-state index in [1.807, 2.05) is 13.8 Å². The van der Waals surface area contributed by atoms with Crippen LogP contribution >= 0.6 is 11.8 Å². The van der Waals surface area contributed by atoms with Crippen LogP contribution in [0.2, 0.25) is 0 Å². The molecule has 1 amide bonds. The zero-order chi connectivity index (χ0) is 16.0. The van der Waals surface area contributed by atoms with Crippen molar-refractivity contribution < 1.29 is 13.6 Å². The number of carbonyl (C=O) groups excluding carboxylic acids is 1. The number of benzene rings is 1. The normalized spacial score (nSPS) is 13.8. The minimum Gasteiger partial charge on any atom is -0.338 e. The molecule has 0 aromatic heterocycles. The molecule has 0 spiro atoms. The maximum absolute atomic E-state index is 13.3. The molecule has 21 heavy (non-hydrogen) atoms. The molecule has 0 radical (unpaired) electrons.